The Labute approximate surface area is 117 Å². The third-order valence-electron chi connectivity index (χ3n) is 2.06. The molecular formula is C9H16O9P2+2. The van der Waals surface area contributed by atoms with E-state index >= 15 is 0 Å². The molecule has 0 fully saturated rings. The van der Waals surface area contributed by atoms with Crippen molar-refractivity contribution in [1.82, 2.24) is 0 Å². The lowest BCUT2D eigenvalue weighted by atomic mass is 10.1. The van der Waals surface area contributed by atoms with Gasteiger partial charge in [0.25, 0.3) is 6.10 Å². The average molecular weight is 330 g/mol. The molecule has 0 aliphatic carbocycles. The van der Waals surface area contributed by atoms with Crippen molar-refractivity contribution in [2.75, 3.05) is 6.61 Å². The van der Waals surface area contributed by atoms with Gasteiger partial charge in [0.2, 0.25) is 6.10 Å². The molecule has 0 rings (SSSR count). The predicted molar refractivity (Wildman–Crippen MR) is 65.9 cm³/mol. The van der Waals surface area contributed by atoms with E-state index in [1.807, 2.05) is 6.92 Å². The summed E-state index contributed by atoms with van der Waals surface area (Å²) in [6, 6.07) is 0. The first kappa shape index (κ1) is 19.2. The molecule has 0 aliphatic rings. The minimum Gasteiger partial charge on any atom is -0.464 e. The highest BCUT2D eigenvalue weighted by Gasteiger charge is 2.46. The number of carbonyl (C=O) groups is 2. The van der Waals surface area contributed by atoms with Crippen molar-refractivity contribution >= 4 is 28.3 Å². The maximum absolute atomic E-state index is 11.7. The summed E-state index contributed by atoms with van der Waals surface area (Å²) in [5.74, 6) is -1.94. The van der Waals surface area contributed by atoms with Crippen LogP contribution in [-0.2, 0) is 32.5 Å². The molecule has 0 spiro atoms. The van der Waals surface area contributed by atoms with Crippen LogP contribution in [0.2, 0.25) is 0 Å². The standard InChI is InChI=1S/C9H14O9P2/c1-3-4-5-16-9(11)8(18-20(14)15)7(6(2)10)17-19(12)13/h7-8H,3-5H2,1-2H3/p+2/t7-,8+/m0/s1. The number of hydrogen-bond donors (Lipinski definition) is 2. The quantitative estimate of drug-likeness (QED) is 0.341. The lowest BCUT2D eigenvalue weighted by Crippen LogP contribution is -2.41. The van der Waals surface area contributed by atoms with Gasteiger partial charge in [0.15, 0.2) is 5.78 Å². The molecule has 9 nitrogen and oxygen atoms in total. The van der Waals surface area contributed by atoms with Crippen molar-refractivity contribution in [3.05, 3.63) is 0 Å². The molecule has 0 heterocycles. The van der Waals surface area contributed by atoms with Crippen molar-refractivity contribution in [2.24, 2.45) is 0 Å². The Morgan fingerprint density at radius 2 is 1.60 bits per heavy atom. The normalized spacial score (nSPS) is 15.2. The van der Waals surface area contributed by atoms with Gasteiger partial charge in [-0.05, 0) is 13.3 Å². The fourth-order valence-electron chi connectivity index (χ4n) is 1.16. The summed E-state index contributed by atoms with van der Waals surface area (Å²) in [4.78, 5) is 40.3. The maximum atomic E-state index is 11.7. The molecule has 11 heteroatoms. The zero-order valence-corrected chi connectivity index (χ0v) is 12.7. The molecule has 0 saturated carbocycles. The van der Waals surface area contributed by atoms with Gasteiger partial charge in [-0.1, -0.05) is 13.3 Å². The van der Waals surface area contributed by atoms with E-state index < -0.39 is 40.5 Å². The Bertz CT molecular complexity index is 384. The van der Waals surface area contributed by atoms with Crippen molar-refractivity contribution < 1.29 is 42.3 Å². The molecule has 2 unspecified atom stereocenters. The summed E-state index contributed by atoms with van der Waals surface area (Å²) < 4.78 is 34.8. The molecule has 0 saturated heterocycles. The van der Waals surface area contributed by atoms with Gasteiger partial charge in [0, 0.05) is 9.13 Å². The van der Waals surface area contributed by atoms with Crippen molar-refractivity contribution in [1.29, 1.82) is 0 Å². The third kappa shape index (κ3) is 7.69. The summed E-state index contributed by atoms with van der Waals surface area (Å²) >= 11 is 0. The van der Waals surface area contributed by atoms with Crippen LogP contribution in [-0.4, -0.2) is 40.4 Å². The summed E-state index contributed by atoms with van der Waals surface area (Å²) in [7, 11) is -6.44. The number of hydrogen-bond acceptors (Lipinski definition) is 7. The third-order valence-corrected chi connectivity index (χ3v) is 2.87. The second-order valence-corrected chi connectivity index (χ2v) is 5.03. The van der Waals surface area contributed by atoms with E-state index in [-0.39, 0.29) is 6.61 Å². The van der Waals surface area contributed by atoms with Gasteiger partial charge in [0.1, 0.15) is 0 Å². The lowest BCUT2D eigenvalue weighted by molar-refractivity contribution is -0.159. The molecule has 114 valence electrons. The summed E-state index contributed by atoms with van der Waals surface area (Å²) in [5.41, 5.74) is 0. The SMILES string of the molecule is CCCCOC(=O)[C@H](O[P+](=O)O)[C@@H](O[P+](=O)O)C(C)=O. The molecule has 0 aromatic rings. The van der Waals surface area contributed by atoms with Gasteiger partial charge >= 0.3 is 22.5 Å². The van der Waals surface area contributed by atoms with E-state index in [0.717, 1.165) is 13.3 Å². The van der Waals surface area contributed by atoms with Crippen molar-refractivity contribution in [2.45, 2.75) is 38.9 Å². The highest BCUT2D eigenvalue weighted by atomic mass is 31.1. The van der Waals surface area contributed by atoms with Gasteiger partial charge < -0.3 is 4.74 Å². The van der Waals surface area contributed by atoms with E-state index in [1.165, 1.54) is 0 Å². The summed E-state index contributed by atoms with van der Waals surface area (Å²) in [6.07, 6.45) is -2.40. The number of unbranched alkanes of at least 4 members (excludes halogenated alkanes) is 1. The molecular weight excluding hydrogens is 314 g/mol. The minimum atomic E-state index is -3.23. The van der Waals surface area contributed by atoms with Gasteiger partial charge in [0.05, 0.1) is 6.61 Å². The van der Waals surface area contributed by atoms with Crippen LogP contribution in [0.25, 0.3) is 0 Å². The number of esters is 1. The second-order valence-electron chi connectivity index (χ2n) is 3.66. The van der Waals surface area contributed by atoms with Crippen molar-refractivity contribution in [3.63, 3.8) is 0 Å². The van der Waals surface area contributed by atoms with Crippen LogP contribution >= 0.6 is 16.5 Å². The number of rotatable bonds is 10. The fourth-order valence-corrected chi connectivity index (χ4v) is 2.00. The van der Waals surface area contributed by atoms with Crippen molar-refractivity contribution in [3.8, 4) is 0 Å². The zero-order valence-electron chi connectivity index (χ0n) is 10.9. The van der Waals surface area contributed by atoms with Gasteiger partial charge in [-0.3, -0.25) is 4.79 Å². The number of Topliss-reactive ketones (excluding diaryl/α,β-unsaturated/α-hetero) is 1. The molecule has 0 amide bonds. The van der Waals surface area contributed by atoms with Crippen LogP contribution in [0.1, 0.15) is 26.7 Å². The van der Waals surface area contributed by atoms with Gasteiger partial charge in [-0.15, -0.1) is 18.8 Å². The highest BCUT2D eigenvalue weighted by Crippen LogP contribution is 2.27. The maximum Gasteiger partial charge on any atom is 0.695 e. The molecule has 2 N–H and O–H groups in total. The summed E-state index contributed by atoms with van der Waals surface area (Å²) in [5, 5.41) is 0. The lowest BCUT2D eigenvalue weighted by Gasteiger charge is -2.13. The van der Waals surface area contributed by atoms with Crippen LogP contribution in [0, 0.1) is 0 Å². The smallest absolute Gasteiger partial charge is 0.464 e. The van der Waals surface area contributed by atoms with E-state index in [0.29, 0.717) is 6.42 Å². The van der Waals surface area contributed by atoms with Crippen LogP contribution in [0.3, 0.4) is 0 Å². The monoisotopic (exact) mass is 330 g/mol. The Morgan fingerprint density at radius 1 is 1.10 bits per heavy atom. The second kappa shape index (κ2) is 9.99. The Hall–Kier alpha value is -0.820. The topological polar surface area (TPSA) is 136 Å². The Kier molecular flexibility index (Phi) is 9.58. The van der Waals surface area contributed by atoms with E-state index in [1.54, 1.807) is 0 Å². The molecule has 4 atom stereocenters. The number of carbonyl (C=O) groups excluding carboxylic acids is 2. The number of ketones is 1. The van der Waals surface area contributed by atoms with Crippen LogP contribution in [0.4, 0.5) is 0 Å². The van der Waals surface area contributed by atoms with E-state index in [2.05, 4.69) is 9.05 Å². The largest absolute Gasteiger partial charge is 0.695 e. The zero-order chi connectivity index (χ0) is 15.7. The van der Waals surface area contributed by atoms with Gasteiger partial charge in [-0.25, -0.2) is 4.79 Å². The van der Waals surface area contributed by atoms with E-state index in [9.17, 15) is 18.7 Å². The van der Waals surface area contributed by atoms with Gasteiger partial charge in [-0.2, -0.15) is 0 Å². The minimum absolute atomic E-state index is 0.0211. The fraction of sp³-hybridized carbons (Fsp3) is 0.778. The highest BCUT2D eigenvalue weighted by molar-refractivity contribution is 7.32. The Balaban J connectivity index is 4.97. The van der Waals surface area contributed by atoms with Crippen LogP contribution < -0.4 is 0 Å². The molecule has 0 aromatic carbocycles. The van der Waals surface area contributed by atoms with Crippen LogP contribution in [0.15, 0.2) is 0 Å². The first-order valence-electron chi connectivity index (χ1n) is 5.62. The number of ether oxygens (including phenoxy) is 1. The molecule has 0 bridgehead atoms. The Morgan fingerprint density at radius 3 is 2.00 bits per heavy atom. The molecule has 0 aromatic heterocycles. The molecule has 0 radical (unpaired) electrons. The molecule has 20 heavy (non-hydrogen) atoms. The first-order valence-corrected chi connectivity index (χ1v) is 7.88. The molecule has 0 aliphatic heterocycles. The first-order chi connectivity index (χ1) is 9.29. The van der Waals surface area contributed by atoms with Crippen LogP contribution in [0.5, 0.6) is 0 Å². The predicted octanol–water partition coefficient (Wildman–Crippen LogP) is 0.988. The summed E-state index contributed by atoms with van der Waals surface area (Å²) in [6.45, 7) is 2.85. The van der Waals surface area contributed by atoms with E-state index in [4.69, 9.17) is 14.5 Å². The average Bonchev–Trinajstić information content (AvgIpc) is 2.32.